The number of rotatable bonds is 4. The van der Waals surface area contributed by atoms with Gasteiger partial charge in [0, 0.05) is 18.8 Å². The van der Waals surface area contributed by atoms with Crippen LogP contribution in [0.25, 0.3) is 0 Å². The standard InChI is InChI=1S/C14H15F3N2O3/c15-14(16,17)11-1-3-12(4-2-11)19(10-20)9-13(21)18-5-7-22-8-6-18/h1-4,10H,5-9H2. The molecule has 2 rings (SSSR count). The Morgan fingerprint density at radius 3 is 2.32 bits per heavy atom. The quantitative estimate of drug-likeness (QED) is 0.792. The number of carbonyl (C=O) groups excluding carboxylic acids is 2. The molecule has 0 radical (unpaired) electrons. The molecule has 22 heavy (non-hydrogen) atoms. The van der Waals surface area contributed by atoms with Gasteiger partial charge in [0.2, 0.25) is 12.3 Å². The Morgan fingerprint density at radius 1 is 1.23 bits per heavy atom. The number of anilines is 1. The van der Waals surface area contributed by atoms with Crippen molar-refractivity contribution >= 4 is 18.0 Å². The first-order chi connectivity index (χ1) is 10.4. The topological polar surface area (TPSA) is 49.9 Å². The summed E-state index contributed by atoms with van der Waals surface area (Å²) < 4.78 is 42.6. The van der Waals surface area contributed by atoms with Gasteiger partial charge in [-0.25, -0.2) is 0 Å². The molecule has 0 unspecified atom stereocenters. The maximum absolute atomic E-state index is 12.5. The minimum atomic E-state index is -4.44. The first kappa shape index (κ1) is 16.3. The first-order valence-electron chi connectivity index (χ1n) is 6.66. The molecular formula is C14H15F3N2O3. The average Bonchev–Trinajstić information content (AvgIpc) is 2.52. The van der Waals surface area contributed by atoms with Crippen LogP contribution in [0.4, 0.5) is 18.9 Å². The highest BCUT2D eigenvalue weighted by Crippen LogP contribution is 2.30. The van der Waals surface area contributed by atoms with E-state index in [4.69, 9.17) is 4.74 Å². The Labute approximate surface area is 125 Å². The van der Waals surface area contributed by atoms with Gasteiger partial charge in [-0.2, -0.15) is 13.2 Å². The van der Waals surface area contributed by atoms with E-state index in [2.05, 4.69) is 0 Å². The molecule has 1 aromatic carbocycles. The van der Waals surface area contributed by atoms with Crippen molar-refractivity contribution in [2.24, 2.45) is 0 Å². The van der Waals surface area contributed by atoms with Gasteiger partial charge in [0.1, 0.15) is 6.54 Å². The van der Waals surface area contributed by atoms with Crippen molar-refractivity contribution in [1.29, 1.82) is 0 Å². The van der Waals surface area contributed by atoms with E-state index in [1.807, 2.05) is 0 Å². The molecule has 1 fully saturated rings. The van der Waals surface area contributed by atoms with Gasteiger partial charge < -0.3 is 14.5 Å². The highest BCUT2D eigenvalue weighted by atomic mass is 19.4. The molecule has 8 heteroatoms. The fourth-order valence-electron chi connectivity index (χ4n) is 2.09. The Morgan fingerprint density at radius 2 is 1.82 bits per heavy atom. The maximum atomic E-state index is 12.5. The summed E-state index contributed by atoms with van der Waals surface area (Å²) >= 11 is 0. The van der Waals surface area contributed by atoms with Crippen LogP contribution in [0.5, 0.6) is 0 Å². The zero-order valence-corrected chi connectivity index (χ0v) is 11.7. The molecule has 1 heterocycles. The molecule has 0 N–H and O–H groups in total. The van der Waals surface area contributed by atoms with Crippen LogP contribution in [-0.4, -0.2) is 50.1 Å². The molecule has 1 aliphatic rings. The van der Waals surface area contributed by atoms with Crippen molar-refractivity contribution in [1.82, 2.24) is 4.90 Å². The Hall–Kier alpha value is -2.09. The number of ether oxygens (including phenoxy) is 1. The zero-order chi connectivity index (χ0) is 16.2. The Bertz CT molecular complexity index is 525. The number of hydrogen-bond donors (Lipinski definition) is 0. The molecular weight excluding hydrogens is 301 g/mol. The molecule has 1 aliphatic heterocycles. The maximum Gasteiger partial charge on any atom is 0.416 e. The fraction of sp³-hybridized carbons (Fsp3) is 0.429. The molecule has 0 aromatic heterocycles. The smallest absolute Gasteiger partial charge is 0.378 e. The third kappa shape index (κ3) is 3.97. The molecule has 0 atom stereocenters. The number of amides is 2. The van der Waals surface area contributed by atoms with Crippen LogP contribution in [-0.2, 0) is 20.5 Å². The predicted octanol–water partition coefficient (Wildman–Crippen LogP) is 1.53. The van der Waals surface area contributed by atoms with Crippen molar-refractivity contribution in [3.63, 3.8) is 0 Å². The van der Waals surface area contributed by atoms with E-state index in [0.29, 0.717) is 32.7 Å². The molecule has 0 spiro atoms. The molecule has 2 amide bonds. The number of morpholine rings is 1. The summed E-state index contributed by atoms with van der Waals surface area (Å²) in [5, 5.41) is 0. The largest absolute Gasteiger partial charge is 0.416 e. The van der Waals surface area contributed by atoms with Crippen LogP contribution in [0.3, 0.4) is 0 Å². The molecule has 5 nitrogen and oxygen atoms in total. The van der Waals surface area contributed by atoms with Crippen LogP contribution < -0.4 is 4.90 Å². The first-order valence-corrected chi connectivity index (χ1v) is 6.66. The number of halogens is 3. The van der Waals surface area contributed by atoms with Crippen molar-refractivity contribution in [2.45, 2.75) is 6.18 Å². The molecule has 1 saturated heterocycles. The third-order valence-electron chi connectivity index (χ3n) is 3.32. The van der Waals surface area contributed by atoms with Gasteiger partial charge >= 0.3 is 6.18 Å². The van der Waals surface area contributed by atoms with Crippen molar-refractivity contribution in [2.75, 3.05) is 37.7 Å². The summed E-state index contributed by atoms with van der Waals surface area (Å²) in [6.45, 7) is 1.55. The number of carbonyl (C=O) groups is 2. The van der Waals surface area contributed by atoms with Crippen LogP contribution >= 0.6 is 0 Å². The Balaban J connectivity index is 2.04. The van der Waals surface area contributed by atoms with Crippen molar-refractivity contribution < 1.29 is 27.5 Å². The lowest BCUT2D eigenvalue weighted by molar-refractivity contribution is -0.137. The molecule has 0 bridgehead atoms. The Kier molecular flexibility index (Phi) is 5.02. The lowest BCUT2D eigenvalue weighted by Gasteiger charge is -2.28. The van der Waals surface area contributed by atoms with Gasteiger partial charge in [-0.3, -0.25) is 9.59 Å². The van der Waals surface area contributed by atoms with Crippen molar-refractivity contribution in [3.8, 4) is 0 Å². The summed E-state index contributed by atoms with van der Waals surface area (Å²) in [5.74, 6) is -0.268. The minimum Gasteiger partial charge on any atom is -0.378 e. The second-order valence-corrected chi connectivity index (χ2v) is 4.77. The van der Waals surface area contributed by atoms with E-state index in [1.54, 1.807) is 4.90 Å². The van der Waals surface area contributed by atoms with E-state index in [-0.39, 0.29) is 18.1 Å². The minimum absolute atomic E-state index is 0.213. The molecule has 120 valence electrons. The monoisotopic (exact) mass is 316 g/mol. The molecule has 0 saturated carbocycles. The lowest BCUT2D eigenvalue weighted by Crippen LogP contribution is -2.45. The van der Waals surface area contributed by atoms with E-state index < -0.39 is 11.7 Å². The summed E-state index contributed by atoms with van der Waals surface area (Å²) in [6.07, 6.45) is -4.00. The molecule has 1 aromatic rings. The zero-order valence-electron chi connectivity index (χ0n) is 11.7. The van der Waals surface area contributed by atoms with Gasteiger partial charge in [-0.05, 0) is 24.3 Å². The summed E-state index contributed by atoms with van der Waals surface area (Å²) in [7, 11) is 0. The third-order valence-corrected chi connectivity index (χ3v) is 3.32. The molecule has 0 aliphatic carbocycles. The second-order valence-electron chi connectivity index (χ2n) is 4.77. The average molecular weight is 316 g/mol. The van der Waals surface area contributed by atoms with Gasteiger partial charge in [-0.15, -0.1) is 0 Å². The highest BCUT2D eigenvalue weighted by Gasteiger charge is 2.30. The van der Waals surface area contributed by atoms with Gasteiger partial charge in [0.05, 0.1) is 18.8 Å². The predicted molar refractivity (Wildman–Crippen MR) is 72.3 cm³/mol. The van der Waals surface area contributed by atoms with E-state index in [1.165, 1.54) is 12.1 Å². The summed E-state index contributed by atoms with van der Waals surface area (Å²) in [5.41, 5.74) is -0.564. The van der Waals surface area contributed by atoms with Crippen LogP contribution in [0.1, 0.15) is 5.56 Å². The number of alkyl halides is 3. The van der Waals surface area contributed by atoms with Crippen LogP contribution in [0, 0.1) is 0 Å². The second kappa shape index (κ2) is 6.78. The SMILES string of the molecule is O=CN(CC(=O)N1CCOCC1)c1ccc(C(F)(F)F)cc1. The summed E-state index contributed by atoms with van der Waals surface area (Å²) in [6, 6.07) is 4.10. The van der Waals surface area contributed by atoms with Gasteiger partial charge in [0.15, 0.2) is 0 Å². The van der Waals surface area contributed by atoms with Gasteiger partial charge in [-0.1, -0.05) is 0 Å². The lowest BCUT2D eigenvalue weighted by atomic mass is 10.2. The normalized spacial score (nSPS) is 15.5. The van der Waals surface area contributed by atoms with E-state index >= 15 is 0 Å². The summed E-state index contributed by atoms with van der Waals surface area (Å²) in [4.78, 5) is 25.8. The highest BCUT2D eigenvalue weighted by molar-refractivity contribution is 5.88. The van der Waals surface area contributed by atoms with Gasteiger partial charge in [0.25, 0.3) is 0 Å². The number of hydrogen-bond acceptors (Lipinski definition) is 3. The van der Waals surface area contributed by atoms with Crippen LogP contribution in [0.2, 0.25) is 0 Å². The van der Waals surface area contributed by atoms with E-state index in [0.717, 1.165) is 17.0 Å². The van der Waals surface area contributed by atoms with E-state index in [9.17, 15) is 22.8 Å². The number of benzene rings is 1. The fourth-order valence-corrected chi connectivity index (χ4v) is 2.09. The van der Waals surface area contributed by atoms with Crippen LogP contribution in [0.15, 0.2) is 24.3 Å². The number of nitrogens with zero attached hydrogens (tertiary/aromatic N) is 2. The van der Waals surface area contributed by atoms with Crippen molar-refractivity contribution in [3.05, 3.63) is 29.8 Å².